The summed E-state index contributed by atoms with van der Waals surface area (Å²) in [6.07, 6.45) is 5.19. The summed E-state index contributed by atoms with van der Waals surface area (Å²) in [5, 5.41) is 0. The maximum atomic E-state index is 13.1. The highest BCUT2D eigenvalue weighted by Gasteiger charge is 2.29. The first-order valence-corrected chi connectivity index (χ1v) is 9.63. The molecule has 1 aromatic carbocycles. The zero-order chi connectivity index (χ0) is 15.5. The van der Waals surface area contributed by atoms with Gasteiger partial charge in [-0.25, -0.2) is 12.8 Å². The molecule has 1 fully saturated rings. The Bertz CT molecular complexity index is 591. The number of sulfonamides is 1. The SMILES string of the molecule is CCCC1CCCN(S(=O)(=O)c2ccc(F)cc2Br)CC1. The van der Waals surface area contributed by atoms with Crippen LogP contribution in [-0.4, -0.2) is 25.8 Å². The summed E-state index contributed by atoms with van der Waals surface area (Å²) in [6, 6.07) is 3.73. The van der Waals surface area contributed by atoms with Crippen LogP contribution in [0.25, 0.3) is 0 Å². The molecule has 0 aromatic heterocycles. The van der Waals surface area contributed by atoms with Crippen LogP contribution in [0.2, 0.25) is 0 Å². The van der Waals surface area contributed by atoms with Crippen LogP contribution < -0.4 is 0 Å². The molecule has 3 nitrogen and oxygen atoms in total. The van der Waals surface area contributed by atoms with E-state index < -0.39 is 15.8 Å². The first-order valence-electron chi connectivity index (χ1n) is 7.40. The van der Waals surface area contributed by atoms with E-state index in [-0.39, 0.29) is 9.37 Å². The molecule has 0 N–H and O–H groups in total. The van der Waals surface area contributed by atoms with Gasteiger partial charge in [0.05, 0.1) is 4.90 Å². The van der Waals surface area contributed by atoms with Crippen LogP contribution in [0, 0.1) is 11.7 Å². The topological polar surface area (TPSA) is 37.4 Å². The molecule has 1 heterocycles. The zero-order valence-corrected chi connectivity index (χ0v) is 14.6. The van der Waals surface area contributed by atoms with E-state index in [9.17, 15) is 12.8 Å². The Balaban J connectivity index is 2.19. The van der Waals surface area contributed by atoms with E-state index in [2.05, 4.69) is 22.9 Å². The second-order valence-electron chi connectivity index (χ2n) is 5.56. The Labute approximate surface area is 134 Å². The summed E-state index contributed by atoms with van der Waals surface area (Å²) in [5.74, 6) is 0.173. The van der Waals surface area contributed by atoms with Crippen LogP contribution in [0.15, 0.2) is 27.6 Å². The molecule has 1 unspecified atom stereocenters. The van der Waals surface area contributed by atoms with Crippen LogP contribution in [0.5, 0.6) is 0 Å². The normalized spacial score (nSPS) is 21.2. The van der Waals surface area contributed by atoms with Crippen molar-refractivity contribution in [2.45, 2.75) is 43.9 Å². The number of rotatable bonds is 4. The molecule has 6 heteroatoms. The van der Waals surface area contributed by atoms with E-state index in [1.807, 2.05) is 0 Å². The predicted octanol–water partition coefficient (Wildman–Crippen LogP) is 4.18. The third-order valence-corrected chi connectivity index (χ3v) is 6.89. The smallest absolute Gasteiger partial charge is 0.207 e. The molecule has 118 valence electrons. The minimum Gasteiger partial charge on any atom is -0.207 e. The first-order chi connectivity index (χ1) is 9.95. The van der Waals surface area contributed by atoms with Gasteiger partial charge in [0.2, 0.25) is 10.0 Å². The molecular formula is C15H21BrFNO2S. The lowest BCUT2D eigenvalue weighted by atomic mass is 9.96. The fourth-order valence-corrected chi connectivity index (χ4v) is 5.40. The second kappa shape index (κ2) is 7.20. The van der Waals surface area contributed by atoms with E-state index in [0.29, 0.717) is 19.0 Å². The van der Waals surface area contributed by atoms with Crippen molar-refractivity contribution >= 4 is 26.0 Å². The maximum absolute atomic E-state index is 13.1. The van der Waals surface area contributed by atoms with Gasteiger partial charge in [-0.3, -0.25) is 0 Å². The highest BCUT2D eigenvalue weighted by atomic mass is 79.9. The Kier molecular flexibility index (Phi) is 5.80. The van der Waals surface area contributed by atoms with Crippen LogP contribution >= 0.6 is 15.9 Å². The van der Waals surface area contributed by atoms with Gasteiger partial charge in [0.1, 0.15) is 5.82 Å². The summed E-state index contributed by atoms with van der Waals surface area (Å²) in [4.78, 5) is 0.151. The van der Waals surface area contributed by atoms with Crippen LogP contribution in [0.3, 0.4) is 0 Å². The number of hydrogen-bond acceptors (Lipinski definition) is 2. The number of hydrogen-bond donors (Lipinski definition) is 0. The van der Waals surface area contributed by atoms with E-state index in [1.54, 1.807) is 4.31 Å². The summed E-state index contributed by atoms with van der Waals surface area (Å²) in [6.45, 7) is 3.26. The standard InChI is InChI=1S/C15H21BrFNO2S/c1-2-4-12-5-3-9-18(10-8-12)21(19,20)15-7-6-13(17)11-14(15)16/h6-7,11-12H,2-5,8-10H2,1H3. The van der Waals surface area contributed by atoms with E-state index in [1.165, 1.54) is 18.2 Å². The third kappa shape index (κ3) is 4.05. The van der Waals surface area contributed by atoms with Gasteiger partial charge in [-0.2, -0.15) is 4.31 Å². The molecule has 0 amide bonds. The van der Waals surface area contributed by atoms with Gasteiger partial charge in [0.15, 0.2) is 0 Å². The Morgan fingerprint density at radius 3 is 2.76 bits per heavy atom. The van der Waals surface area contributed by atoms with E-state index in [4.69, 9.17) is 0 Å². The Morgan fingerprint density at radius 1 is 1.33 bits per heavy atom. The van der Waals surface area contributed by atoms with Gasteiger partial charge in [0.25, 0.3) is 0 Å². The van der Waals surface area contributed by atoms with E-state index >= 15 is 0 Å². The molecule has 21 heavy (non-hydrogen) atoms. The van der Waals surface area contributed by atoms with Crippen molar-refractivity contribution in [3.8, 4) is 0 Å². The van der Waals surface area contributed by atoms with Crippen molar-refractivity contribution in [1.82, 2.24) is 4.31 Å². The van der Waals surface area contributed by atoms with E-state index in [0.717, 1.165) is 32.1 Å². The molecule has 0 saturated carbocycles. The highest BCUT2D eigenvalue weighted by Crippen LogP contribution is 2.29. The average molecular weight is 378 g/mol. The molecule has 0 spiro atoms. The Morgan fingerprint density at radius 2 is 2.10 bits per heavy atom. The largest absolute Gasteiger partial charge is 0.244 e. The fourth-order valence-electron chi connectivity index (χ4n) is 2.90. The zero-order valence-electron chi connectivity index (χ0n) is 12.2. The van der Waals surface area contributed by atoms with Crippen LogP contribution in [-0.2, 0) is 10.0 Å². The number of nitrogens with zero attached hydrogens (tertiary/aromatic N) is 1. The predicted molar refractivity (Wildman–Crippen MR) is 85.1 cm³/mol. The van der Waals surface area contributed by atoms with Crippen molar-refractivity contribution < 1.29 is 12.8 Å². The van der Waals surface area contributed by atoms with Gasteiger partial charge in [-0.1, -0.05) is 19.8 Å². The van der Waals surface area contributed by atoms with Crippen molar-refractivity contribution in [3.05, 3.63) is 28.5 Å². The summed E-state index contributed by atoms with van der Waals surface area (Å²) in [5.41, 5.74) is 0. The lowest BCUT2D eigenvalue weighted by molar-refractivity contribution is 0.399. The van der Waals surface area contributed by atoms with Gasteiger partial charge < -0.3 is 0 Å². The van der Waals surface area contributed by atoms with Gasteiger partial charge in [-0.15, -0.1) is 0 Å². The summed E-state index contributed by atoms with van der Waals surface area (Å²) < 4.78 is 40.4. The molecule has 0 bridgehead atoms. The number of benzene rings is 1. The first kappa shape index (κ1) is 16.9. The lowest BCUT2D eigenvalue weighted by Gasteiger charge is -2.21. The summed E-state index contributed by atoms with van der Waals surface area (Å²) in [7, 11) is -3.55. The van der Waals surface area contributed by atoms with Gasteiger partial charge in [-0.05, 0) is 59.3 Å². The molecule has 0 radical (unpaired) electrons. The lowest BCUT2D eigenvalue weighted by Crippen LogP contribution is -2.32. The summed E-state index contributed by atoms with van der Waals surface area (Å²) >= 11 is 3.16. The van der Waals surface area contributed by atoms with Crippen LogP contribution in [0.4, 0.5) is 4.39 Å². The van der Waals surface area contributed by atoms with Crippen molar-refractivity contribution in [2.75, 3.05) is 13.1 Å². The fraction of sp³-hybridized carbons (Fsp3) is 0.600. The second-order valence-corrected chi connectivity index (χ2v) is 8.33. The quantitative estimate of drug-likeness (QED) is 0.788. The molecule has 1 atom stereocenters. The Hall–Kier alpha value is -0.460. The minimum absolute atomic E-state index is 0.151. The van der Waals surface area contributed by atoms with Crippen molar-refractivity contribution in [1.29, 1.82) is 0 Å². The monoisotopic (exact) mass is 377 g/mol. The van der Waals surface area contributed by atoms with Crippen molar-refractivity contribution in [3.63, 3.8) is 0 Å². The van der Waals surface area contributed by atoms with Crippen molar-refractivity contribution in [2.24, 2.45) is 5.92 Å². The molecule has 1 aromatic rings. The molecule has 1 aliphatic heterocycles. The van der Waals surface area contributed by atoms with Gasteiger partial charge in [0, 0.05) is 17.6 Å². The molecular weight excluding hydrogens is 357 g/mol. The molecule has 1 saturated heterocycles. The average Bonchev–Trinajstić information content (AvgIpc) is 2.65. The number of halogens is 2. The molecule has 0 aliphatic carbocycles. The highest BCUT2D eigenvalue weighted by molar-refractivity contribution is 9.10. The maximum Gasteiger partial charge on any atom is 0.244 e. The van der Waals surface area contributed by atoms with Crippen LogP contribution in [0.1, 0.15) is 39.0 Å². The minimum atomic E-state index is -3.55. The molecule has 1 aliphatic rings. The van der Waals surface area contributed by atoms with Gasteiger partial charge >= 0.3 is 0 Å². The molecule has 2 rings (SSSR count). The third-order valence-electron chi connectivity index (χ3n) is 4.02.